The monoisotopic (exact) mass is 480 g/mol. The molecule has 7 nitrogen and oxygen atoms in total. The number of fused-ring (bicyclic) bond motifs is 1. The minimum Gasteiger partial charge on any atom is -0.497 e. The third-order valence-electron chi connectivity index (χ3n) is 6.28. The molecular weight excluding hydrogens is 452 g/mol. The van der Waals surface area contributed by atoms with Crippen LogP contribution < -0.4 is 15.0 Å². The molecule has 5 rings (SSSR count). The lowest BCUT2D eigenvalue weighted by Crippen LogP contribution is -2.19. The van der Waals surface area contributed by atoms with E-state index < -0.39 is 0 Å². The Morgan fingerprint density at radius 2 is 1.72 bits per heavy atom. The summed E-state index contributed by atoms with van der Waals surface area (Å²) < 4.78 is 14.7. The lowest BCUT2D eigenvalue weighted by molar-refractivity contribution is 0.307. The van der Waals surface area contributed by atoms with Crippen LogP contribution in [-0.2, 0) is 6.61 Å². The van der Waals surface area contributed by atoms with E-state index in [0.29, 0.717) is 35.0 Å². The summed E-state index contributed by atoms with van der Waals surface area (Å²) in [6, 6.07) is 19.5. The number of aromatic nitrogens is 4. The molecule has 0 bridgehead atoms. The molecule has 0 radical (unpaired) electrons. The molecule has 2 aromatic carbocycles. The Labute approximate surface area is 209 Å². The first-order valence-corrected chi connectivity index (χ1v) is 11.8. The van der Waals surface area contributed by atoms with Gasteiger partial charge in [-0.15, -0.1) is 0 Å². The van der Waals surface area contributed by atoms with E-state index >= 15 is 0 Å². The van der Waals surface area contributed by atoms with Crippen LogP contribution >= 0.6 is 0 Å². The molecule has 182 valence electrons. The molecule has 0 atom stereocenters. The largest absolute Gasteiger partial charge is 0.497 e. The SMILES string of the molecule is COc1ccc(COc2cccn3c(=O)c(-c4cc(C)n(-c5ccc(C)cc5C)n4)c(C)nc23)cc1. The zero-order chi connectivity index (χ0) is 25.4. The summed E-state index contributed by atoms with van der Waals surface area (Å²) in [6.07, 6.45) is 1.71. The highest BCUT2D eigenvalue weighted by atomic mass is 16.5. The minimum absolute atomic E-state index is 0.183. The predicted molar refractivity (Wildman–Crippen MR) is 140 cm³/mol. The first kappa shape index (κ1) is 23.4. The van der Waals surface area contributed by atoms with Gasteiger partial charge in [-0.3, -0.25) is 9.20 Å². The zero-order valence-electron chi connectivity index (χ0n) is 21.1. The van der Waals surface area contributed by atoms with Gasteiger partial charge in [-0.25, -0.2) is 9.67 Å². The maximum absolute atomic E-state index is 13.6. The van der Waals surface area contributed by atoms with Crippen molar-refractivity contribution in [1.29, 1.82) is 0 Å². The van der Waals surface area contributed by atoms with Crippen LogP contribution in [0.1, 0.15) is 28.1 Å². The quantitative estimate of drug-likeness (QED) is 0.327. The number of methoxy groups -OCH3 is 1. The lowest BCUT2D eigenvalue weighted by atomic mass is 10.1. The Morgan fingerprint density at radius 1 is 0.944 bits per heavy atom. The summed E-state index contributed by atoms with van der Waals surface area (Å²) in [6.45, 7) is 8.30. The van der Waals surface area contributed by atoms with Gasteiger partial charge in [-0.1, -0.05) is 29.8 Å². The Bertz CT molecular complexity index is 1630. The fourth-order valence-electron chi connectivity index (χ4n) is 4.42. The van der Waals surface area contributed by atoms with Crippen molar-refractivity contribution >= 4 is 5.65 Å². The summed E-state index contributed by atoms with van der Waals surface area (Å²) in [5.74, 6) is 1.33. The Kier molecular flexibility index (Phi) is 6.06. The molecule has 3 aromatic heterocycles. The van der Waals surface area contributed by atoms with Gasteiger partial charge in [0, 0.05) is 11.9 Å². The van der Waals surface area contributed by atoms with Crippen LogP contribution in [0.15, 0.2) is 71.7 Å². The van der Waals surface area contributed by atoms with Gasteiger partial charge in [-0.2, -0.15) is 5.10 Å². The van der Waals surface area contributed by atoms with Crippen molar-refractivity contribution in [3.05, 3.63) is 105 Å². The number of hydrogen-bond acceptors (Lipinski definition) is 5. The van der Waals surface area contributed by atoms with Crippen LogP contribution in [0.4, 0.5) is 0 Å². The van der Waals surface area contributed by atoms with Gasteiger partial charge < -0.3 is 9.47 Å². The molecule has 5 aromatic rings. The van der Waals surface area contributed by atoms with Crippen molar-refractivity contribution in [3.63, 3.8) is 0 Å². The molecular formula is C29H28N4O3. The summed E-state index contributed by atoms with van der Waals surface area (Å²) >= 11 is 0. The fraction of sp³-hybridized carbons (Fsp3) is 0.207. The van der Waals surface area contributed by atoms with Crippen LogP contribution in [0.25, 0.3) is 22.6 Å². The number of nitrogens with zero attached hydrogens (tertiary/aromatic N) is 4. The number of pyridine rings is 1. The number of rotatable bonds is 6. The van der Waals surface area contributed by atoms with E-state index in [0.717, 1.165) is 28.3 Å². The van der Waals surface area contributed by atoms with Gasteiger partial charge >= 0.3 is 0 Å². The first-order chi connectivity index (χ1) is 17.4. The summed E-state index contributed by atoms with van der Waals surface area (Å²) in [7, 11) is 1.64. The third-order valence-corrected chi connectivity index (χ3v) is 6.28. The molecule has 0 saturated heterocycles. The van der Waals surface area contributed by atoms with Crippen molar-refractivity contribution in [1.82, 2.24) is 19.2 Å². The van der Waals surface area contributed by atoms with Crippen LogP contribution in [0.2, 0.25) is 0 Å². The second kappa shape index (κ2) is 9.34. The smallest absolute Gasteiger partial charge is 0.267 e. The highest BCUT2D eigenvalue weighted by Crippen LogP contribution is 2.25. The third kappa shape index (κ3) is 4.24. The Hall–Kier alpha value is -4.39. The highest BCUT2D eigenvalue weighted by Gasteiger charge is 2.19. The number of ether oxygens (including phenoxy) is 2. The van der Waals surface area contributed by atoms with Crippen molar-refractivity contribution in [2.75, 3.05) is 7.11 Å². The van der Waals surface area contributed by atoms with Crippen LogP contribution in [-0.4, -0.2) is 26.3 Å². The van der Waals surface area contributed by atoms with Crippen LogP contribution in [0, 0.1) is 27.7 Å². The molecule has 3 heterocycles. The van der Waals surface area contributed by atoms with E-state index in [1.54, 1.807) is 19.4 Å². The van der Waals surface area contributed by atoms with Crippen LogP contribution in [0.3, 0.4) is 0 Å². The van der Waals surface area contributed by atoms with E-state index in [1.165, 1.54) is 9.96 Å². The highest BCUT2D eigenvalue weighted by molar-refractivity contribution is 5.66. The maximum Gasteiger partial charge on any atom is 0.267 e. The van der Waals surface area contributed by atoms with Crippen molar-refractivity contribution in [2.45, 2.75) is 34.3 Å². The molecule has 0 unspecified atom stereocenters. The minimum atomic E-state index is -0.183. The average Bonchev–Trinajstić information content (AvgIpc) is 3.23. The topological polar surface area (TPSA) is 70.7 Å². The van der Waals surface area contributed by atoms with Crippen molar-refractivity contribution < 1.29 is 9.47 Å². The van der Waals surface area contributed by atoms with Crippen molar-refractivity contribution in [3.8, 4) is 28.4 Å². The maximum atomic E-state index is 13.6. The van der Waals surface area contributed by atoms with E-state index in [2.05, 4.69) is 32.0 Å². The average molecular weight is 481 g/mol. The van der Waals surface area contributed by atoms with E-state index in [9.17, 15) is 4.79 Å². The summed E-state index contributed by atoms with van der Waals surface area (Å²) in [4.78, 5) is 18.4. The molecule has 0 amide bonds. The molecule has 0 aliphatic carbocycles. The fourth-order valence-corrected chi connectivity index (χ4v) is 4.42. The van der Waals surface area contributed by atoms with E-state index in [4.69, 9.17) is 19.6 Å². The van der Waals surface area contributed by atoms with Gasteiger partial charge in [-0.05, 0) is 75.2 Å². The lowest BCUT2D eigenvalue weighted by Gasteiger charge is -2.12. The van der Waals surface area contributed by atoms with Gasteiger partial charge in [0.05, 0.1) is 24.1 Å². The number of hydrogen-bond donors (Lipinski definition) is 0. The van der Waals surface area contributed by atoms with E-state index in [-0.39, 0.29) is 5.56 Å². The predicted octanol–water partition coefficient (Wildman–Crippen LogP) is 5.37. The summed E-state index contributed by atoms with van der Waals surface area (Å²) in [5, 5.41) is 4.80. The standard InChI is InChI=1S/C29H28N4O3/c1-18-8-13-25(19(2)15-18)33-20(3)16-24(31-33)27-21(4)30-28-26(7-6-14-32(28)29(27)34)36-17-22-9-11-23(35-5)12-10-22/h6-16H,17H2,1-5H3. The molecule has 0 N–H and O–H groups in total. The normalized spacial score (nSPS) is 11.1. The Balaban J connectivity index is 1.52. The summed E-state index contributed by atoms with van der Waals surface area (Å²) in [5.41, 5.74) is 7.21. The molecule has 0 saturated carbocycles. The van der Waals surface area contributed by atoms with Crippen molar-refractivity contribution in [2.24, 2.45) is 0 Å². The first-order valence-electron chi connectivity index (χ1n) is 11.8. The molecule has 0 fully saturated rings. The van der Waals surface area contributed by atoms with Crippen LogP contribution in [0.5, 0.6) is 11.5 Å². The molecule has 0 spiro atoms. The zero-order valence-corrected chi connectivity index (χ0v) is 21.1. The molecule has 0 aliphatic rings. The Morgan fingerprint density at radius 3 is 2.44 bits per heavy atom. The van der Waals surface area contributed by atoms with Gasteiger partial charge in [0.2, 0.25) is 0 Å². The van der Waals surface area contributed by atoms with Gasteiger partial charge in [0.1, 0.15) is 18.1 Å². The van der Waals surface area contributed by atoms with E-state index in [1.807, 2.05) is 54.9 Å². The second-order valence-electron chi connectivity index (χ2n) is 8.95. The number of aryl methyl sites for hydroxylation is 4. The van der Waals surface area contributed by atoms with Gasteiger partial charge in [0.25, 0.3) is 5.56 Å². The molecule has 0 aliphatic heterocycles. The van der Waals surface area contributed by atoms with Gasteiger partial charge in [0.15, 0.2) is 11.4 Å². The molecule has 7 heteroatoms. The second-order valence-corrected chi connectivity index (χ2v) is 8.95. The number of benzene rings is 2. The molecule has 36 heavy (non-hydrogen) atoms.